The number of rotatable bonds is 5. The molecule has 0 spiro atoms. The Morgan fingerprint density at radius 3 is 2.89 bits per heavy atom. The number of anilines is 1. The number of carboxylic acids is 1. The Morgan fingerprint density at radius 2 is 2.26 bits per heavy atom. The molecule has 0 fully saturated rings. The molecule has 1 amide bonds. The fraction of sp³-hybridized carbons (Fsp3) is 0.429. The lowest BCUT2D eigenvalue weighted by atomic mass is 9.79. The van der Waals surface area contributed by atoms with Crippen LogP contribution >= 0.6 is 0 Å². The molecular weight excluding hydrogens is 246 g/mol. The Kier molecular flexibility index (Phi) is 3.57. The number of benzene rings is 1. The number of hydrogen-bond acceptors (Lipinski definition) is 3. The van der Waals surface area contributed by atoms with Crippen LogP contribution in [-0.4, -0.2) is 30.7 Å². The molecule has 102 valence electrons. The standard InChI is InChI=1S/C14H17NO4/c1-14(13(17)18,5-6-19-2)10-3-4-11-9(7-10)8-12(16)15-11/h3-4,7H,5-6,8H2,1-2H3,(H,15,16)(H,17,18). The second kappa shape index (κ2) is 5.01. The second-order valence-corrected chi connectivity index (χ2v) is 4.98. The molecule has 1 aromatic rings. The van der Waals surface area contributed by atoms with Crippen LogP contribution in [0.4, 0.5) is 5.69 Å². The maximum atomic E-state index is 11.6. The fourth-order valence-electron chi connectivity index (χ4n) is 2.25. The number of carboxylic acid groups (broad SMARTS) is 1. The van der Waals surface area contributed by atoms with E-state index in [9.17, 15) is 14.7 Å². The van der Waals surface area contributed by atoms with E-state index in [2.05, 4.69) is 5.32 Å². The SMILES string of the molecule is COCCC(C)(C(=O)O)c1ccc2c(c1)CC(=O)N2. The van der Waals surface area contributed by atoms with Gasteiger partial charge in [-0.25, -0.2) is 0 Å². The highest BCUT2D eigenvalue weighted by Crippen LogP contribution is 2.33. The largest absolute Gasteiger partial charge is 0.481 e. The van der Waals surface area contributed by atoms with E-state index in [0.29, 0.717) is 25.0 Å². The Balaban J connectivity index is 2.36. The molecule has 1 aromatic carbocycles. The molecule has 1 aliphatic heterocycles. The Labute approximate surface area is 111 Å². The van der Waals surface area contributed by atoms with Gasteiger partial charge in [-0.05, 0) is 30.5 Å². The van der Waals surface area contributed by atoms with Crippen molar-refractivity contribution in [3.05, 3.63) is 29.3 Å². The minimum Gasteiger partial charge on any atom is -0.481 e. The Bertz CT molecular complexity index is 526. The van der Waals surface area contributed by atoms with Gasteiger partial charge in [-0.1, -0.05) is 12.1 Å². The van der Waals surface area contributed by atoms with E-state index in [1.165, 1.54) is 0 Å². The summed E-state index contributed by atoms with van der Waals surface area (Å²) in [5.41, 5.74) is 1.32. The average Bonchev–Trinajstić information content (AvgIpc) is 2.74. The number of aliphatic carboxylic acids is 1. The number of carbonyl (C=O) groups excluding carboxylic acids is 1. The van der Waals surface area contributed by atoms with E-state index in [-0.39, 0.29) is 5.91 Å². The molecule has 5 nitrogen and oxygen atoms in total. The number of fused-ring (bicyclic) bond motifs is 1. The molecule has 0 saturated heterocycles. The van der Waals surface area contributed by atoms with Crippen LogP contribution in [0.5, 0.6) is 0 Å². The van der Waals surface area contributed by atoms with Gasteiger partial charge in [0.25, 0.3) is 0 Å². The minimum absolute atomic E-state index is 0.0546. The highest BCUT2D eigenvalue weighted by Gasteiger charge is 2.35. The van der Waals surface area contributed by atoms with Crippen molar-refractivity contribution >= 4 is 17.6 Å². The van der Waals surface area contributed by atoms with E-state index < -0.39 is 11.4 Å². The van der Waals surface area contributed by atoms with Crippen molar-refractivity contribution in [3.63, 3.8) is 0 Å². The van der Waals surface area contributed by atoms with Crippen molar-refractivity contribution in [2.24, 2.45) is 0 Å². The Morgan fingerprint density at radius 1 is 1.53 bits per heavy atom. The zero-order valence-electron chi connectivity index (χ0n) is 11.0. The van der Waals surface area contributed by atoms with Crippen LogP contribution in [0.25, 0.3) is 0 Å². The first-order valence-corrected chi connectivity index (χ1v) is 6.13. The fourth-order valence-corrected chi connectivity index (χ4v) is 2.25. The van der Waals surface area contributed by atoms with Crippen LogP contribution in [-0.2, 0) is 26.2 Å². The van der Waals surface area contributed by atoms with Crippen LogP contribution in [0.3, 0.4) is 0 Å². The monoisotopic (exact) mass is 263 g/mol. The summed E-state index contributed by atoms with van der Waals surface area (Å²) >= 11 is 0. The van der Waals surface area contributed by atoms with Gasteiger partial charge in [0.2, 0.25) is 5.91 Å². The Hall–Kier alpha value is -1.88. The molecular formula is C14H17NO4. The quantitative estimate of drug-likeness (QED) is 0.845. The third-order valence-corrected chi connectivity index (χ3v) is 3.65. The highest BCUT2D eigenvalue weighted by molar-refractivity contribution is 5.99. The first-order valence-electron chi connectivity index (χ1n) is 6.13. The molecule has 1 aliphatic rings. The van der Waals surface area contributed by atoms with Gasteiger partial charge in [-0.2, -0.15) is 0 Å². The molecule has 0 aromatic heterocycles. The van der Waals surface area contributed by atoms with Gasteiger partial charge in [0.15, 0.2) is 0 Å². The van der Waals surface area contributed by atoms with E-state index >= 15 is 0 Å². The number of methoxy groups -OCH3 is 1. The molecule has 2 rings (SSSR count). The summed E-state index contributed by atoms with van der Waals surface area (Å²) < 4.78 is 4.99. The predicted octanol–water partition coefficient (Wildman–Crippen LogP) is 1.56. The number of carbonyl (C=O) groups is 2. The van der Waals surface area contributed by atoms with Crippen molar-refractivity contribution in [3.8, 4) is 0 Å². The summed E-state index contributed by atoms with van der Waals surface area (Å²) in [5, 5.41) is 12.2. The summed E-state index contributed by atoms with van der Waals surface area (Å²) in [4.78, 5) is 22.9. The zero-order chi connectivity index (χ0) is 14.0. The zero-order valence-corrected chi connectivity index (χ0v) is 11.0. The summed E-state index contributed by atoms with van der Waals surface area (Å²) in [7, 11) is 1.55. The summed E-state index contributed by atoms with van der Waals surface area (Å²) in [6.07, 6.45) is 0.697. The molecule has 0 bridgehead atoms. The molecule has 19 heavy (non-hydrogen) atoms. The molecule has 5 heteroatoms. The van der Waals surface area contributed by atoms with Gasteiger partial charge in [0, 0.05) is 19.4 Å². The maximum Gasteiger partial charge on any atom is 0.313 e. The molecule has 1 unspecified atom stereocenters. The van der Waals surface area contributed by atoms with Crippen LogP contribution in [0.2, 0.25) is 0 Å². The van der Waals surface area contributed by atoms with Gasteiger partial charge in [0.05, 0.1) is 11.8 Å². The van der Waals surface area contributed by atoms with Crippen molar-refractivity contribution in [2.75, 3.05) is 19.0 Å². The topological polar surface area (TPSA) is 75.6 Å². The second-order valence-electron chi connectivity index (χ2n) is 4.98. The smallest absolute Gasteiger partial charge is 0.313 e. The van der Waals surface area contributed by atoms with Gasteiger partial charge in [0.1, 0.15) is 0 Å². The first-order chi connectivity index (χ1) is 8.97. The van der Waals surface area contributed by atoms with E-state index in [1.807, 2.05) is 0 Å². The van der Waals surface area contributed by atoms with Crippen LogP contribution in [0, 0.1) is 0 Å². The summed E-state index contributed by atoms with van der Waals surface area (Å²) in [5.74, 6) is -0.942. The number of nitrogens with one attached hydrogen (secondary N) is 1. The highest BCUT2D eigenvalue weighted by atomic mass is 16.5. The van der Waals surface area contributed by atoms with Crippen LogP contribution in [0.15, 0.2) is 18.2 Å². The van der Waals surface area contributed by atoms with Crippen molar-refractivity contribution in [2.45, 2.75) is 25.2 Å². The van der Waals surface area contributed by atoms with Crippen molar-refractivity contribution < 1.29 is 19.4 Å². The lowest BCUT2D eigenvalue weighted by Crippen LogP contribution is -2.33. The minimum atomic E-state index is -1.00. The van der Waals surface area contributed by atoms with Gasteiger partial charge >= 0.3 is 5.97 Å². The normalized spacial score (nSPS) is 16.6. The van der Waals surface area contributed by atoms with Gasteiger partial charge < -0.3 is 15.2 Å². The molecule has 1 heterocycles. The van der Waals surface area contributed by atoms with Crippen LogP contribution in [0.1, 0.15) is 24.5 Å². The third-order valence-electron chi connectivity index (χ3n) is 3.65. The predicted molar refractivity (Wildman–Crippen MR) is 70.3 cm³/mol. The van der Waals surface area contributed by atoms with E-state index in [4.69, 9.17) is 4.74 Å². The van der Waals surface area contributed by atoms with Crippen molar-refractivity contribution in [1.82, 2.24) is 0 Å². The third kappa shape index (κ3) is 2.46. The molecule has 0 saturated carbocycles. The lowest BCUT2D eigenvalue weighted by Gasteiger charge is -2.25. The first kappa shape index (κ1) is 13.5. The number of amides is 1. The summed E-state index contributed by atoms with van der Waals surface area (Å²) in [6.45, 7) is 2.05. The van der Waals surface area contributed by atoms with Gasteiger partial charge in [-0.3, -0.25) is 9.59 Å². The lowest BCUT2D eigenvalue weighted by molar-refractivity contribution is -0.144. The molecule has 2 N–H and O–H groups in total. The van der Waals surface area contributed by atoms with E-state index in [1.54, 1.807) is 32.2 Å². The van der Waals surface area contributed by atoms with Gasteiger partial charge in [-0.15, -0.1) is 0 Å². The molecule has 0 radical (unpaired) electrons. The molecule has 1 atom stereocenters. The maximum absolute atomic E-state index is 11.6. The van der Waals surface area contributed by atoms with Crippen molar-refractivity contribution in [1.29, 1.82) is 0 Å². The van der Waals surface area contributed by atoms with Crippen LogP contribution < -0.4 is 5.32 Å². The summed E-state index contributed by atoms with van der Waals surface area (Å²) in [6, 6.07) is 5.33. The average molecular weight is 263 g/mol. The van der Waals surface area contributed by atoms with E-state index in [0.717, 1.165) is 11.3 Å². The number of ether oxygens (including phenoxy) is 1. The number of hydrogen-bond donors (Lipinski definition) is 2. The molecule has 0 aliphatic carbocycles.